The van der Waals surface area contributed by atoms with Crippen LogP contribution in [0.4, 0.5) is 11.4 Å². The largest absolute Gasteiger partial charge is 0.495 e. The molecule has 3 rings (SSSR count). The van der Waals surface area contributed by atoms with Gasteiger partial charge in [0.1, 0.15) is 18.3 Å². The molecule has 0 radical (unpaired) electrons. The summed E-state index contributed by atoms with van der Waals surface area (Å²) in [6.45, 7) is 4.63. The molecule has 0 bridgehead atoms. The number of nitrogens with zero attached hydrogens (tertiary/aromatic N) is 3. The molecular weight excluding hydrogens is 584 g/mol. The predicted octanol–water partition coefficient (Wildman–Crippen LogP) is 4.70. The van der Waals surface area contributed by atoms with E-state index < -0.39 is 49.9 Å². The number of aryl methyl sites for hydroxylation is 1. The molecule has 2 amide bonds. The Hall–Kier alpha value is -4.16. The van der Waals surface area contributed by atoms with Gasteiger partial charge in [0.05, 0.1) is 22.6 Å². The average molecular weight is 617 g/mol. The fourth-order valence-electron chi connectivity index (χ4n) is 4.20. The monoisotopic (exact) mass is 616 g/mol. The molecule has 13 heteroatoms. The Labute approximate surface area is 250 Å². The summed E-state index contributed by atoms with van der Waals surface area (Å²) in [4.78, 5) is 38.8. The zero-order valence-electron chi connectivity index (χ0n) is 23.7. The van der Waals surface area contributed by atoms with Crippen LogP contribution in [0.2, 0.25) is 5.02 Å². The lowest BCUT2D eigenvalue weighted by Gasteiger charge is -2.32. The van der Waals surface area contributed by atoms with Crippen molar-refractivity contribution in [2.45, 2.75) is 44.7 Å². The number of anilines is 1. The third-order valence-corrected chi connectivity index (χ3v) is 8.56. The highest BCUT2D eigenvalue weighted by atomic mass is 35.5. The summed E-state index contributed by atoms with van der Waals surface area (Å²) in [5.74, 6) is -0.990. The van der Waals surface area contributed by atoms with Crippen molar-refractivity contribution in [3.05, 3.63) is 93.0 Å². The van der Waals surface area contributed by atoms with Gasteiger partial charge < -0.3 is 15.0 Å². The van der Waals surface area contributed by atoms with Gasteiger partial charge >= 0.3 is 0 Å². The first-order chi connectivity index (χ1) is 19.9. The molecule has 0 aliphatic carbocycles. The molecule has 0 aliphatic rings. The Bertz CT molecular complexity index is 1550. The zero-order chi connectivity index (χ0) is 31.0. The number of benzene rings is 3. The van der Waals surface area contributed by atoms with Crippen LogP contribution < -0.4 is 14.4 Å². The topological polar surface area (TPSA) is 139 Å². The number of sulfonamides is 1. The SMILES string of the molecule is CCCNC(=O)C(C)N(Cc1ccccc1)C(=O)CN(c1cc(Cl)ccc1OC)S(=O)(=O)c1ccc(C)c([N+](=O)[O-])c1. The molecule has 0 saturated carbocycles. The van der Waals surface area contributed by atoms with Crippen molar-refractivity contribution in [1.29, 1.82) is 0 Å². The van der Waals surface area contributed by atoms with E-state index in [4.69, 9.17) is 16.3 Å². The summed E-state index contributed by atoms with van der Waals surface area (Å²) in [6, 6.07) is 15.8. The number of carbonyl (C=O) groups is 2. The van der Waals surface area contributed by atoms with Crippen LogP contribution in [0.15, 0.2) is 71.6 Å². The summed E-state index contributed by atoms with van der Waals surface area (Å²) < 4.78 is 34.4. The minimum Gasteiger partial charge on any atom is -0.495 e. The van der Waals surface area contributed by atoms with Crippen molar-refractivity contribution < 1.29 is 27.7 Å². The van der Waals surface area contributed by atoms with E-state index in [2.05, 4.69) is 5.32 Å². The van der Waals surface area contributed by atoms with E-state index in [1.807, 2.05) is 13.0 Å². The standard InChI is InChI=1S/C29H33ClN4O7S/c1-5-15-31-29(36)21(3)32(18-22-9-7-6-8-10-22)28(35)19-33(26-16-23(30)12-14-27(26)41-4)42(39,40)24-13-11-20(2)25(17-24)34(37)38/h6-14,16-17,21H,5,15,18-19H2,1-4H3,(H,31,36). The number of halogens is 1. The predicted molar refractivity (Wildman–Crippen MR) is 160 cm³/mol. The van der Waals surface area contributed by atoms with E-state index in [-0.39, 0.29) is 28.6 Å². The molecule has 1 unspecified atom stereocenters. The number of amides is 2. The molecule has 0 aliphatic heterocycles. The van der Waals surface area contributed by atoms with Gasteiger partial charge in [0.25, 0.3) is 15.7 Å². The third kappa shape index (κ3) is 7.56. The quantitative estimate of drug-likeness (QED) is 0.217. The molecule has 3 aromatic rings. The first kappa shape index (κ1) is 32.4. The number of rotatable bonds is 13. The molecule has 224 valence electrons. The van der Waals surface area contributed by atoms with E-state index in [9.17, 15) is 28.1 Å². The van der Waals surface area contributed by atoms with Crippen molar-refractivity contribution in [2.24, 2.45) is 0 Å². The number of hydrogen-bond donors (Lipinski definition) is 1. The van der Waals surface area contributed by atoms with Gasteiger partial charge in [0.15, 0.2) is 0 Å². The Kier molecular flexibility index (Phi) is 10.9. The summed E-state index contributed by atoms with van der Waals surface area (Å²) in [5.41, 5.74) is 0.546. The lowest BCUT2D eigenvalue weighted by molar-refractivity contribution is -0.385. The fraction of sp³-hybridized carbons (Fsp3) is 0.310. The second-order valence-electron chi connectivity index (χ2n) is 9.51. The van der Waals surface area contributed by atoms with E-state index in [0.29, 0.717) is 13.0 Å². The van der Waals surface area contributed by atoms with Crippen LogP contribution in [0.1, 0.15) is 31.4 Å². The Balaban J connectivity index is 2.14. The Morgan fingerprint density at radius 2 is 1.79 bits per heavy atom. The van der Waals surface area contributed by atoms with Crippen LogP contribution >= 0.6 is 11.6 Å². The smallest absolute Gasteiger partial charge is 0.273 e. The van der Waals surface area contributed by atoms with Gasteiger partial charge in [0, 0.05) is 29.7 Å². The van der Waals surface area contributed by atoms with Crippen LogP contribution in [0.5, 0.6) is 5.75 Å². The van der Waals surface area contributed by atoms with Gasteiger partial charge in [-0.15, -0.1) is 0 Å². The Morgan fingerprint density at radius 3 is 2.40 bits per heavy atom. The number of nitrogens with one attached hydrogen (secondary N) is 1. The van der Waals surface area contributed by atoms with Gasteiger partial charge in [-0.3, -0.25) is 24.0 Å². The van der Waals surface area contributed by atoms with E-state index in [0.717, 1.165) is 15.9 Å². The number of methoxy groups -OCH3 is 1. The fourth-order valence-corrected chi connectivity index (χ4v) is 5.81. The van der Waals surface area contributed by atoms with Crippen LogP contribution in [0.25, 0.3) is 0 Å². The summed E-state index contributed by atoms with van der Waals surface area (Å²) in [5, 5.41) is 14.5. The molecule has 1 atom stereocenters. The molecule has 11 nitrogen and oxygen atoms in total. The third-order valence-electron chi connectivity index (χ3n) is 6.57. The molecule has 0 aromatic heterocycles. The van der Waals surface area contributed by atoms with Crippen LogP contribution in [0, 0.1) is 17.0 Å². The second kappa shape index (κ2) is 14.1. The minimum atomic E-state index is -4.60. The summed E-state index contributed by atoms with van der Waals surface area (Å²) in [7, 11) is -3.26. The van der Waals surface area contributed by atoms with Crippen molar-refractivity contribution in [3.63, 3.8) is 0 Å². The lowest BCUT2D eigenvalue weighted by Crippen LogP contribution is -2.51. The summed E-state index contributed by atoms with van der Waals surface area (Å²) >= 11 is 6.23. The van der Waals surface area contributed by atoms with Gasteiger partial charge in [0.2, 0.25) is 11.8 Å². The number of nitro benzene ring substituents is 1. The van der Waals surface area contributed by atoms with Crippen LogP contribution in [0.3, 0.4) is 0 Å². The van der Waals surface area contributed by atoms with Gasteiger partial charge in [-0.05, 0) is 50.1 Å². The molecule has 0 saturated heterocycles. The first-order valence-electron chi connectivity index (χ1n) is 13.1. The molecule has 0 heterocycles. The zero-order valence-corrected chi connectivity index (χ0v) is 25.3. The number of carbonyl (C=O) groups excluding carboxylic acids is 2. The average Bonchev–Trinajstić information content (AvgIpc) is 2.97. The van der Waals surface area contributed by atoms with Crippen LogP contribution in [-0.4, -0.2) is 56.3 Å². The van der Waals surface area contributed by atoms with Gasteiger partial charge in [-0.1, -0.05) is 54.9 Å². The van der Waals surface area contributed by atoms with E-state index in [1.54, 1.807) is 31.2 Å². The minimum absolute atomic E-state index is 0.0248. The van der Waals surface area contributed by atoms with Crippen molar-refractivity contribution in [3.8, 4) is 5.75 Å². The normalized spacial score (nSPS) is 11.8. The first-order valence-corrected chi connectivity index (χ1v) is 14.9. The number of ether oxygens (including phenoxy) is 1. The van der Waals surface area contributed by atoms with Crippen LogP contribution in [-0.2, 0) is 26.2 Å². The number of nitro groups is 1. The maximum atomic E-state index is 14.1. The molecular formula is C29H33ClN4O7S. The highest BCUT2D eigenvalue weighted by Crippen LogP contribution is 2.36. The molecule has 42 heavy (non-hydrogen) atoms. The van der Waals surface area contributed by atoms with Crippen molar-refractivity contribution in [1.82, 2.24) is 10.2 Å². The van der Waals surface area contributed by atoms with Gasteiger partial charge in [-0.25, -0.2) is 8.42 Å². The van der Waals surface area contributed by atoms with Crippen molar-refractivity contribution >= 4 is 44.8 Å². The maximum Gasteiger partial charge on any atom is 0.273 e. The molecule has 0 spiro atoms. The molecule has 1 N–H and O–H groups in total. The highest BCUT2D eigenvalue weighted by Gasteiger charge is 2.34. The molecule has 0 fully saturated rings. The second-order valence-corrected chi connectivity index (χ2v) is 11.8. The lowest BCUT2D eigenvalue weighted by atomic mass is 10.1. The number of hydrogen-bond acceptors (Lipinski definition) is 7. The Morgan fingerprint density at radius 1 is 1.10 bits per heavy atom. The van der Waals surface area contributed by atoms with Crippen molar-refractivity contribution in [2.75, 3.05) is 24.5 Å². The maximum absolute atomic E-state index is 14.1. The van der Waals surface area contributed by atoms with E-state index >= 15 is 0 Å². The van der Waals surface area contributed by atoms with Gasteiger partial charge in [-0.2, -0.15) is 0 Å². The van der Waals surface area contributed by atoms with E-state index in [1.165, 1.54) is 49.3 Å². The summed E-state index contributed by atoms with van der Waals surface area (Å²) in [6.07, 6.45) is 0.689. The highest BCUT2D eigenvalue weighted by molar-refractivity contribution is 7.92. The molecule has 3 aromatic carbocycles.